The lowest BCUT2D eigenvalue weighted by molar-refractivity contribution is -0.137. The van der Waals surface area contributed by atoms with Crippen LogP contribution in [0, 0.1) is 5.92 Å². The molecular weight excluding hydrogens is 178 g/mol. The zero-order chi connectivity index (χ0) is 10.6. The maximum Gasteiger partial charge on any atom is 0.304 e. The van der Waals surface area contributed by atoms with Gasteiger partial charge >= 0.3 is 5.97 Å². The molecule has 0 atom stereocenters. The van der Waals surface area contributed by atoms with E-state index in [9.17, 15) is 4.79 Å². The van der Waals surface area contributed by atoms with Crippen molar-refractivity contribution in [2.24, 2.45) is 5.92 Å². The van der Waals surface area contributed by atoms with Gasteiger partial charge in [-0.25, -0.2) is 0 Å². The first kappa shape index (κ1) is 11.5. The molecule has 1 aliphatic carbocycles. The average molecular weight is 199 g/mol. The van der Waals surface area contributed by atoms with Gasteiger partial charge in [-0.05, 0) is 32.6 Å². The molecule has 0 radical (unpaired) electrons. The molecule has 1 rings (SSSR count). The van der Waals surface area contributed by atoms with E-state index in [1.807, 2.05) is 0 Å². The molecule has 82 valence electrons. The minimum atomic E-state index is -0.691. The summed E-state index contributed by atoms with van der Waals surface area (Å²) in [7, 11) is 0. The van der Waals surface area contributed by atoms with E-state index < -0.39 is 5.97 Å². The van der Waals surface area contributed by atoms with Gasteiger partial charge in [0.25, 0.3) is 0 Å². The van der Waals surface area contributed by atoms with E-state index >= 15 is 0 Å². The van der Waals surface area contributed by atoms with Gasteiger partial charge < -0.3 is 10.0 Å². The van der Waals surface area contributed by atoms with Gasteiger partial charge in [0.15, 0.2) is 0 Å². The molecule has 0 saturated heterocycles. The van der Waals surface area contributed by atoms with E-state index in [0.29, 0.717) is 12.6 Å². The summed E-state index contributed by atoms with van der Waals surface area (Å²) in [6.45, 7) is 6.06. The molecule has 14 heavy (non-hydrogen) atoms. The Labute approximate surface area is 86.1 Å². The predicted octanol–water partition coefficient (Wildman–Crippen LogP) is 1.97. The van der Waals surface area contributed by atoms with Gasteiger partial charge in [0, 0.05) is 19.1 Å². The number of hydrogen-bond donors (Lipinski definition) is 1. The lowest BCUT2D eigenvalue weighted by Crippen LogP contribution is -2.38. The van der Waals surface area contributed by atoms with Crippen LogP contribution in [0.2, 0.25) is 0 Å². The van der Waals surface area contributed by atoms with Crippen LogP contribution >= 0.6 is 0 Å². The molecule has 1 aliphatic rings. The maximum absolute atomic E-state index is 10.5. The fourth-order valence-corrected chi connectivity index (χ4v) is 1.81. The SMILES string of the molecule is CC(C)N(CCC(=O)O)CC1CCC1. The van der Waals surface area contributed by atoms with Crippen molar-refractivity contribution in [1.82, 2.24) is 4.90 Å². The van der Waals surface area contributed by atoms with Gasteiger partial charge in [0.05, 0.1) is 6.42 Å². The molecule has 1 fully saturated rings. The molecule has 0 unspecified atom stereocenters. The lowest BCUT2D eigenvalue weighted by Gasteiger charge is -2.34. The molecule has 3 heteroatoms. The standard InChI is InChI=1S/C11H21NO2/c1-9(2)12(7-6-11(13)14)8-10-4-3-5-10/h9-10H,3-8H2,1-2H3,(H,13,14). The second-order valence-corrected chi connectivity index (χ2v) is 4.53. The fourth-order valence-electron chi connectivity index (χ4n) is 1.81. The Bertz CT molecular complexity index is 188. The van der Waals surface area contributed by atoms with E-state index in [1.54, 1.807) is 0 Å². The first-order valence-electron chi connectivity index (χ1n) is 5.55. The topological polar surface area (TPSA) is 40.5 Å². The van der Waals surface area contributed by atoms with Crippen LogP contribution in [0.5, 0.6) is 0 Å². The quantitative estimate of drug-likeness (QED) is 0.711. The summed E-state index contributed by atoms with van der Waals surface area (Å²) in [5.74, 6) is 0.135. The lowest BCUT2D eigenvalue weighted by atomic mass is 9.85. The number of aliphatic carboxylic acids is 1. The normalized spacial score (nSPS) is 17.4. The van der Waals surface area contributed by atoms with Crippen LogP contribution in [0.15, 0.2) is 0 Å². The van der Waals surface area contributed by atoms with Gasteiger partial charge in [-0.1, -0.05) is 6.42 Å². The molecule has 0 bridgehead atoms. The molecule has 0 aromatic carbocycles. The highest BCUT2D eigenvalue weighted by Crippen LogP contribution is 2.27. The third-order valence-electron chi connectivity index (χ3n) is 3.06. The van der Waals surface area contributed by atoms with Crippen LogP contribution in [-0.4, -0.2) is 35.1 Å². The van der Waals surface area contributed by atoms with E-state index in [0.717, 1.165) is 12.5 Å². The van der Waals surface area contributed by atoms with E-state index in [4.69, 9.17) is 5.11 Å². The van der Waals surface area contributed by atoms with Gasteiger partial charge in [-0.2, -0.15) is 0 Å². The van der Waals surface area contributed by atoms with E-state index in [-0.39, 0.29) is 6.42 Å². The van der Waals surface area contributed by atoms with Crippen molar-refractivity contribution < 1.29 is 9.90 Å². The molecule has 0 amide bonds. The number of hydrogen-bond acceptors (Lipinski definition) is 2. The van der Waals surface area contributed by atoms with Crippen LogP contribution in [0.1, 0.15) is 39.5 Å². The Balaban J connectivity index is 2.26. The summed E-state index contributed by atoms with van der Waals surface area (Å²) >= 11 is 0. The second kappa shape index (κ2) is 5.35. The number of nitrogens with zero attached hydrogens (tertiary/aromatic N) is 1. The highest BCUT2D eigenvalue weighted by molar-refractivity contribution is 5.66. The number of carbonyl (C=O) groups is 1. The summed E-state index contributed by atoms with van der Waals surface area (Å²) < 4.78 is 0. The zero-order valence-corrected chi connectivity index (χ0v) is 9.20. The second-order valence-electron chi connectivity index (χ2n) is 4.53. The monoisotopic (exact) mass is 199 g/mol. The summed E-state index contributed by atoms with van der Waals surface area (Å²) in [5, 5.41) is 8.62. The van der Waals surface area contributed by atoms with Crippen molar-refractivity contribution in [3.63, 3.8) is 0 Å². The maximum atomic E-state index is 10.5. The van der Waals surface area contributed by atoms with Crippen molar-refractivity contribution in [1.29, 1.82) is 0 Å². The van der Waals surface area contributed by atoms with Crippen LogP contribution < -0.4 is 0 Å². The Hall–Kier alpha value is -0.570. The van der Waals surface area contributed by atoms with Gasteiger partial charge in [-0.15, -0.1) is 0 Å². The van der Waals surface area contributed by atoms with Crippen molar-refractivity contribution >= 4 is 5.97 Å². The molecule has 0 aromatic heterocycles. The largest absolute Gasteiger partial charge is 0.481 e. The minimum Gasteiger partial charge on any atom is -0.481 e. The molecule has 0 aliphatic heterocycles. The summed E-state index contributed by atoms with van der Waals surface area (Å²) in [6.07, 6.45) is 4.28. The Kier molecular flexibility index (Phi) is 4.39. The fraction of sp³-hybridized carbons (Fsp3) is 0.909. The Morgan fingerprint density at radius 2 is 2.14 bits per heavy atom. The molecule has 0 spiro atoms. The highest BCUT2D eigenvalue weighted by atomic mass is 16.4. The molecule has 1 saturated carbocycles. The third kappa shape index (κ3) is 3.66. The summed E-state index contributed by atoms with van der Waals surface area (Å²) in [6, 6.07) is 0.468. The minimum absolute atomic E-state index is 0.269. The number of carboxylic acids is 1. The van der Waals surface area contributed by atoms with E-state index in [1.165, 1.54) is 19.3 Å². The number of carboxylic acid groups (broad SMARTS) is 1. The van der Waals surface area contributed by atoms with Gasteiger partial charge in [0.1, 0.15) is 0 Å². The van der Waals surface area contributed by atoms with Crippen molar-refractivity contribution in [3.8, 4) is 0 Å². The third-order valence-corrected chi connectivity index (χ3v) is 3.06. The predicted molar refractivity (Wildman–Crippen MR) is 56.3 cm³/mol. The molecule has 0 heterocycles. The van der Waals surface area contributed by atoms with Crippen LogP contribution in [0.4, 0.5) is 0 Å². The molecule has 0 aromatic rings. The summed E-state index contributed by atoms with van der Waals surface area (Å²) in [5.41, 5.74) is 0. The van der Waals surface area contributed by atoms with Crippen LogP contribution in [0.25, 0.3) is 0 Å². The number of rotatable bonds is 6. The van der Waals surface area contributed by atoms with Gasteiger partial charge in [0.2, 0.25) is 0 Å². The highest BCUT2D eigenvalue weighted by Gasteiger charge is 2.22. The van der Waals surface area contributed by atoms with Crippen molar-refractivity contribution in [3.05, 3.63) is 0 Å². The average Bonchev–Trinajstić information content (AvgIpc) is 1.99. The zero-order valence-electron chi connectivity index (χ0n) is 9.20. The summed E-state index contributed by atoms with van der Waals surface area (Å²) in [4.78, 5) is 12.8. The molecule has 3 nitrogen and oxygen atoms in total. The van der Waals surface area contributed by atoms with Crippen LogP contribution in [-0.2, 0) is 4.79 Å². The van der Waals surface area contributed by atoms with Crippen molar-refractivity contribution in [2.45, 2.75) is 45.6 Å². The van der Waals surface area contributed by atoms with E-state index in [2.05, 4.69) is 18.7 Å². The Morgan fingerprint density at radius 3 is 2.50 bits per heavy atom. The van der Waals surface area contributed by atoms with Gasteiger partial charge in [-0.3, -0.25) is 4.79 Å². The first-order valence-corrected chi connectivity index (χ1v) is 5.55. The first-order chi connectivity index (χ1) is 6.59. The van der Waals surface area contributed by atoms with Crippen LogP contribution in [0.3, 0.4) is 0 Å². The molecule has 1 N–H and O–H groups in total. The Morgan fingerprint density at radius 1 is 1.50 bits per heavy atom. The van der Waals surface area contributed by atoms with Crippen molar-refractivity contribution in [2.75, 3.05) is 13.1 Å². The molecular formula is C11H21NO2. The smallest absolute Gasteiger partial charge is 0.304 e.